The number of nitrogens with one attached hydrogen (secondary N) is 3. The number of carboxylic acid groups (broad SMARTS) is 1. The second kappa shape index (κ2) is 26.4. The van der Waals surface area contributed by atoms with Gasteiger partial charge < -0.3 is 47.0 Å². The van der Waals surface area contributed by atoms with Crippen LogP contribution >= 0.6 is 68.0 Å². The summed E-state index contributed by atoms with van der Waals surface area (Å²) in [5.74, 6) is -6.38. The maximum Gasteiger partial charge on any atom is 0.306 e. The number of aryl methyl sites for hydroxylation is 2. The maximum atomic E-state index is 15.3. The number of nitrogens with zero attached hydrogens (tertiary/aromatic N) is 8. The van der Waals surface area contributed by atoms with E-state index >= 15 is 4.79 Å². The van der Waals surface area contributed by atoms with Crippen molar-refractivity contribution in [3.63, 3.8) is 0 Å². The molecule has 12 rings (SSSR count). The van der Waals surface area contributed by atoms with Crippen LogP contribution < -0.4 is 21.7 Å². The molecule has 1 saturated heterocycles. The number of carbonyl (C=O) groups excluding carboxylic acids is 6. The van der Waals surface area contributed by atoms with E-state index in [0.29, 0.717) is 95.6 Å². The summed E-state index contributed by atoms with van der Waals surface area (Å²) in [6.07, 6.45) is -1.09. The average molecular weight is 1340 g/mol. The third-order valence-electron chi connectivity index (χ3n) is 16.5. The van der Waals surface area contributed by atoms with Gasteiger partial charge in [0, 0.05) is 74.6 Å². The Morgan fingerprint density at radius 1 is 0.714 bits per heavy atom. The van der Waals surface area contributed by atoms with Crippen LogP contribution in [0.15, 0.2) is 87.6 Å². The van der Waals surface area contributed by atoms with Gasteiger partial charge in [0.15, 0.2) is 5.78 Å². The fraction of sp³-hybridized carbons (Fsp3) is 0.323. The number of fused-ring (bicyclic) bond motifs is 16. The minimum absolute atomic E-state index is 0.0189. The molecule has 1 aliphatic carbocycles. The predicted molar refractivity (Wildman–Crippen MR) is 343 cm³/mol. The first-order valence-electron chi connectivity index (χ1n) is 29.0. The van der Waals surface area contributed by atoms with E-state index in [1.54, 1.807) is 90.0 Å². The lowest BCUT2D eigenvalue weighted by molar-refractivity contribution is -0.143. The van der Waals surface area contributed by atoms with E-state index < -0.39 is 89.4 Å². The molecule has 7 aromatic heterocycles. The third-order valence-corrected chi connectivity index (χ3v) is 22.0. The minimum atomic E-state index is -1.31. The summed E-state index contributed by atoms with van der Waals surface area (Å²) < 4.78 is 0. The van der Waals surface area contributed by atoms with Crippen molar-refractivity contribution in [1.82, 2.24) is 55.7 Å². The Morgan fingerprint density at radius 2 is 1.37 bits per heavy atom. The summed E-state index contributed by atoms with van der Waals surface area (Å²) in [5.41, 5.74) is 9.55. The normalized spacial score (nSPS) is 21.7. The number of phenols is 1. The number of nitrogens with two attached hydrogens (primary N) is 1. The van der Waals surface area contributed by atoms with E-state index in [1.807, 2.05) is 6.92 Å². The van der Waals surface area contributed by atoms with Crippen molar-refractivity contribution in [2.24, 2.45) is 17.6 Å². The lowest BCUT2D eigenvalue weighted by Crippen LogP contribution is -2.50. The predicted octanol–water partition coefficient (Wildman–Crippen LogP) is 8.86. The zero-order valence-electron chi connectivity index (χ0n) is 48.8. The van der Waals surface area contributed by atoms with Crippen molar-refractivity contribution in [2.75, 3.05) is 6.54 Å². The first-order chi connectivity index (χ1) is 43.7. The fourth-order valence-corrected chi connectivity index (χ4v) is 16.9. The number of amides is 5. The van der Waals surface area contributed by atoms with Crippen LogP contribution in [0.5, 0.6) is 5.75 Å². The van der Waals surface area contributed by atoms with Crippen LogP contribution in [0.1, 0.15) is 148 Å². The lowest BCUT2D eigenvalue weighted by Gasteiger charge is -2.29. The Morgan fingerprint density at radius 3 is 2.12 bits per heavy atom. The van der Waals surface area contributed by atoms with Crippen LogP contribution in [0.2, 0.25) is 0 Å². The second-order valence-electron chi connectivity index (χ2n) is 22.7. The molecule has 2 aromatic carbocycles. The number of pyridine rings is 1. The minimum Gasteiger partial charge on any atom is -0.508 e. The van der Waals surface area contributed by atoms with Crippen molar-refractivity contribution in [2.45, 2.75) is 108 Å². The number of aromatic nitrogens is 7. The molecule has 0 radical (unpaired) electrons. The molecule has 7 atom stereocenters. The zero-order valence-corrected chi connectivity index (χ0v) is 53.7. The average Bonchev–Trinajstić information content (AvgIpc) is 1.68. The van der Waals surface area contributed by atoms with Crippen LogP contribution in [0, 0.1) is 25.7 Å². The van der Waals surface area contributed by atoms with Gasteiger partial charge in [0.1, 0.15) is 76.7 Å². The Kier molecular flexibility index (Phi) is 18.2. The number of carbonyl (C=O) groups is 7. The van der Waals surface area contributed by atoms with Crippen LogP contribution in [-0.2, 0) is 20.8 Å². The van der Waals surface area contributed by atoms with E-state index in [1.165, 1.54) is 50.4 Å². The SMILES string of the molecule is Cc1cc(C[C@@H]2NC(=O)c3csc(n3)[C@H]([C@H](O)c3ccccc3)CC(=O)c3nc(sc3C)[C@H](CC(N)=O)NC(=O)c3csc(n3)-c3ccc(-c4nc(C(=O)NC5CCC(C(=O)O)CC5)cs4)nc3-c3csc(n3)-c3csc(n3)[C@@H]3[C@@H](C)[C@@H](O)CN3C2=O)ccc1O. The highest BCUT2D eigenvalue weighted by molar-refractivity contribution is 7.15. The Balaban J connectivity index is 0.934. The molecule has 3 aliphatic rings. The lowest BCUT2D eigenvalue weighted by atomic mass is 9.86. The number of rotatable bonds is 10. The molecular formula is C62H58N12O11S6. The van der Waals surface area contributed by atoms with Crippen molar-refractivity contribution < 1.29 is 54.0 Å². The summed E-state index contributed by atoms with van der Waals surface area (Å²) in [6, 6.07) is 13.7. The monoisotopic (exact) mass is 1340 g/mol. The van der Waals surface area contributed by atoms with Crippen LogP contribution in [0.4, 0.5) is 0 Å². The van der Waals surface area contributed by atoms with E-state index in [9.17, 15) is 49.2 Å². The van der Waals surface area contributed by atoms with Crippen LogP contribution in [0.3, 0.4) is 0 Å². The molecule has 91 heavy (non-hydrogen) atoms. The maximum absolute atomic E-state index is 15.3. The van der Waals surface area contributed by atoms with Gasteiger partial charge in [0.2, 0.25) is 11.8 Å². The molecule has 2 fully saturated rings. The Labute approximate surface area is 543 Å². The smallest absolute Gasteiger partial charge is 0.306 e. The highest BCUT2D eigenvalue weighted by Crippen LogP contribution is 2.44. The van der Waals surface area contributed by atoms with Crippen LogP contribution in [0.25, 0.3) is 43.4 Å². The molecule has 10 bridgehead atoms. The van der Waals surface area contributed by atoms with Gasteiger partial charge >= 0.3 is 5.97 Å². The highest BCUT2D eigenvalue weighted by Gasteiger charge is 2.46. The molecule has 0 unspecified atom stereocenters. The van der Waals surface area contributed by atoms with Gasteiger partial charge in [-0.2, -0.15) is 0 Å². The molecule has 1 saturated carbocycles. The number of Topliss-reactive ketones (excluding diaryl/α,β-unsaturated/α-hetero) is 1. The van der Waals surface area contributed by atoms with Crippen molar-refractivity contribution in [3.8, 4) is 49.1 Å². The summed E-state index contributed by atoms with van der Waals surface area (Å²) in [6.45, 7) is 5.12. The third kappa shape index (κ3) is 13.4. The summed E-state index contributed by atoms with van der Waals surface area (Å²) in [7, 11) is 0. The second-order valence-corrected chi connectivity index (χ2v) is 28.3. The Bertz CT molecular complexity index is 4280. The van der Waals surface area contributed by atoms with Gasteiger partial charge in [-0.3, -0.25) is 33.6 Å². The van der Waals surface area contributed by atoms with Gasteiger partial charge in [0.05, 0.1) is 47.3 Å². The number of aromatic hydroxyl groups is 1. The molecule has 468 valence electrons. The van der Waals surface area contributed by atoms with Crippen molar-refractivity contribution in [3.05, 3.63) is 147 Å². The fourth-order valence-electron chi connectivity index (χ4n) is 11.5. The number of carboxylic acids is 1. The number of thiazole rings is 6. The zero-order chi connectivity index (χ0) is 63.9. The molecule has 29 heteroatoms. The number of primary amides is 1. The number of hydrogen-bond acceptors (Lipinski definition) is 23. The van der Waals surface area contributed by atoms with Crippen molar-refractivity contribution >= 4 is 109 Å². The van der Waals surface area contributed by atoms with Gasteiger partial charge in [0.25, 0.3) is 17.7 Å². The number of phenolic OH excluding ortho intramolecular Hbond substituents is 1. The quantitative estimate of drug-likeness (QED) is 0.0633. The number of benzene rings is 2. The van der Waals surface area contributed by atoms with Gasteiger partial charge in [-0.25, -0.2) is 34.9 Å². The number of aliphatic hydroxyl groups excluding tert-OH is 2. The molecule has 9 N–H and O–H groups in total. The summed E-state index contributed by atoms with van der Waals surface area (Å²) in [4.78, 5) is 133. The molecule has 9 aromatic rings. The van der Waals surface area contributed by atoms with Crippen LogP contribution in [-0.4, -0.2) is 126 Å². The van der Waals surface area contributed by atoms with Gasteiger partial charge in [-0.1, -0.05) is 49.4 Å². The number of hydrogen-bond donors (Lipinski definition) is 8. The Hall–Kier alpha value is -8.42. The van der Waals surface area contributed by atoms with E-state index in [-0.39, 0.29) is 70.4 Å². The summed E-state index contributed by atoms with van der Waals surface area (Å²) in [5, 5.41) is 62.8. The van der Waals surface area contributed by atoms with E-state index in [4.69, 9.17) is 35.6 Å². The van der Waals surface area contributed by atoms with E-state index in [0.717, 1.165) is 34.0 Å². The molecule has 23 nitrogen and oxygen atoms in total. The molecular weight excluding hydrogens is 1280 g/mol. The number of aliphatic carboxylic acids is 1. The topological polar surface area (TPSA) is 356 Å². The molecule has 5 amide bonds. The van der Waals surface area contributed by atoms with Crippen molar-refractivity contribution in [1.29, 1.82) is 0 Å². The number of aliphatic hydroxyl groups is 2. The highest BCUT2D eigenvalue weighted by atomic mass is 32.1. The van der Waals surface area contributed by atoms with Gasteiger partial charge in [-0.15, -0.1) is 68.0 Å². The summed E-state index contributed by atoms with van der Waals surface area (Å²) >= 11 is 7.02. The first kappa shape index (κ1) is 62.8. The molecule has 2 aliphatic heterocycles. The molecule has 9 heterocycles. The molecule has 0 spiro atoms. The standard InChI is InChI=1S/C62H58N12O11S6/c1-27-17-30(9-16-44(27)75)18-38-61(83)74-21-46(77)28(2)50(74)60-72-43(26-90-60)58-68-39(22-88-58)49-34(14-15-36(65-49)57-71-40(25-89-57)52(80)64-33-12-10-32(11-13-33)62(84)85)55-69-41(23-86-55)53(81)66-37(20-47(63)78)59-73-48(29(3)91-59)45(76)19-35(51(79)31-7-5-4-6-8-31)56-70-42(24-87-56)54(82)67-38/h4-9,14-17,22-26,28,32-33,35,37-38,46,50-51,75,77,79H,10-13,18-21H2,1-3H3,(H2,63,78)(H,64,80)(H,66,81)(H,67,82)(H,84,85)/t28-,32?,33?,35-,37-,38-,46-,50-,51+/m0/s1. The number of ketones is 1. The van der Waals surface area contributed by atoms with Gasteiger partial charge in [-0.05, 0) is 74.4 Å². The largest absolute Gasteiger partial charge is 0.508 e. The first-order valence-corrected chi connectivity index (χ1v) is 34.2. The van der Waals surface area contributed by atoms with E-state index in [2.05, 4.69) is 20.9 Å².